The quantitative estimate of drug-likeness (QED) is 0.304. The van der Waals surface area contributed by atoms with Gasteiger partial charge in [-0.25, -0.2) is 33.3 Å². The molecule has 240 valence electrons. The molecule has 3 aromatic heterocycles. The normalized spacial score (nSPS) is 38.1. The van der Waals surface area contributed by atoms with Crippen molar-refractivity contribution in [3.05, 3.63) is 45.8 Å². The van der Waals surface area contributed by atoms with Crippen LogP contribution in [0.2, 0.25) is 0 Å². The average Bonchev–Trinajstić information content (AvgIpc) is 3.65. The molecule has 3 aliphatic heterocycles. The monoisotopic (exact) mass is 665 g/mol. The Morgan fingerprint density at radius 2 is 1.80 bits per heavy atom. The van der Waals surface area contributed by atoms with Crippen molar-refractivity contribution in [3.63, 3.8) is 0 Å². The molecule has 44 heavy (non-hydrogen) atoms. The Hall–Kier alpha value is -2.94. The highest BCUT2D eigenvalue weighted by Crippen LogP contribution is 2.56. The van der Waals surface area contributed by atoms with E-state index in [1.165, 1.54) is 24.3 Å². The number of hydrogen-bond acceptors (Lipinski definition) is 16. The van der Waals surface area contributed by atoms with Crippen LogP contribution in [0.15, 0.2) is 34.5 Å². The molecular weight excluding hydrogens is 639 g/mol. The molecule has 3 aromatic rings. The standard InChI is InChI=1S/C21H26FN7O13P2/c1-35-16-14-10(40-20(16)29-8-26-13-17(23)24-7-25-18(13)29)6-38-44(34,36-2)42-15-12(22)9(5-37-43(32,33)41-14)39-19(15)28-4-3-11(30)27-21(28)31/h3-4,7-10,12,14-16,19-20H,5-6H2,1-2H3,(H,32,33)(H2,23,24,25)(H,27,30,31)/t9-,10-,12-,14-,15-,16-,19-,20-,44?/m1/s1. The van der Waals surface area contributed by atoms with E-state index >= 15 is 4.39 Å². The predicted molar refractivity (Wildman–Crippen MR) is 141 cm³/mol. The number of aromatic nitrogens is 6. The Balaban J connectivity index is 1.35. The van der Waals surface area contributed by atoms with Crippen molar-refractivity contribution in [2.45, 2.75) is 49.1 Å². The van der Waals surface area contributed by atoms with Gasteiger partial charge in [0.15, 0.2) is 30.1 Å². The molecule has 0 saturated carbocycles. The van der Waals surface area contributed by atoms with E-state index in [4.69, 9.17) is 42.6 Å². The lowest BCUT2D eigenvalue weighted by Gasteiger charge is -2.27. The molecule has 6 heterocycles. The highest BCUT2D eigenvalue weighted by Gasteiger charge is 2.55. The molecule has 10 atom stereocenters. The van der Waals surface area contributed by atoms with Gasteiger partial charge in [-0.05, 0) is 0 Å². The second kappa shape index (κ2) is 11.8. The SMILES string of the molecule is CO[C@@H]1[C@@H]2OP(=O)(O)OC[C@H]3O[C@@H](n4ccc(=O)[nH]c4=O)[C@H](OP(=O)(OC)OC[C@H]2O[C@H]1n1cnc2c(N)ncnc21)[C@@H]3F. The van der Waals surface area contributed by atoms with Crippen molar-refractivity contribution in [1.82, 2.24) is 29.1 Å². The van der Waals surface area contributed by atoms with Crippen molar-refractivity contribution >= 4 is 32.6 Å². The summed E-state index contributed by atoms with van der Waals surface area (Å²) in [7, 11) is -7.45. The molecule has 4 N–H and O–H groups in total. The Morgan fingerprint density at radius 3 is 2.52 bits per heavy atom. The van der Waals surface area contributed by atoms with E-state index < -0.39 is 89.3 Å². The van der Waals surface area contributed by atoms with Gasteiger partial charge in [-0.2, -0.15) is 0 Å². The number of halogens is 1. The zero-order chi connectivity index (χ0) is 31.4. The van der Waals surface area contributed by atoms with E-state index in [0.29, 0.717) is 0 Å². The minimum atomic E-state index is -5.03. The topological polar surface area (TPSA) is 253 Å². The van der Waals surface area contributed by atoms with Crippen molar-refractivity contribution in [1.29, 1.82) is 0 Å². The number of alkyl halides is 1. The number of phosphoric ester groups is 2. The van der Waals surface area contributed by atoms with E-state index in [0.717, 1.165) is 23.9 Å². The fourth-order valence-corrected chi connectivity index (χ4v) is 7.15. The summed E-state index contributed by atoms with van der Waals surface area (Å²) in [6.45, 7) is -1.56. The van der Waals surface area contributed by atoms with Gasteiger partial charge < -0.3 is 24.8 Å². The lowest BCUT2D eigenvalue weighted by atomic mass is 10.1. The first kappa shape index (κ1) is 31.1. The number of methoxy groups -OCH3 is 1. The van der Waals surface area contributed by atoms with Gasteiger partial charge in [-0.3, -0.25) is 41.5 Å². The van der Waals surface area contributed by atoms with Crippen LogP contribution in [0.25, 0.3) is 11.2 Å². The number of imidazole rings is 1. The molecule has 20 nitrogen and oxygen atoms in total. The van der Waals surface area contributed by atoms with Gasteiger partial charge in [0.05, 0.1) is 19.5 Å². The number of ether oxygens (including phenoxy) is 3. The molecule has 0 aliphatic carbocycles. The van der Waals surface area contributed by atoms with Gasteiger partial charge in [0.25, 0.3) is 5.56 Å². The molecule has 6 rings (SSSR count). The van der Waals surface area contributed by atoms with Gasteiger partial charge in [-0.1, -0.05) is 0 Å². The molecule has 2 unspecified atom stereocenters. The summed E-state index contributed by atoms with van der Waals surface area (Å²) < 4.78 is 88.3. The predicted octanol–water partition coefficient (Wildman–Crippen LogP) is -0.221. The smallest absolute Gasteiger partial charge is 0.382 e. The minimum absolute atomic E-state index is 0.0831. The molecule has 0 aromatic carbocycles. The minimum Gasteiger partial charge on any atom is -0.382 e. The van der Waals surface area contributed by atoms with Crippen LogP contribution in [0, 0.1) is 0 Å². The average molecular weight is 665 g/mol. The highest BCUT2D eigenvalue weighted by atomic mass is 31.2. The van der Waals surface area contributed by atoms with E-state index in [-0.39, 0.29) is 17.0 Å². The Labute approximate surface area is 245 Å². The van der Waals surface area contributed by atoms with Crippen LogP contribution in [0.5, 0.6) is 0 Å². The van der Waals surface area contributed by atoms with Crippen molar-refractivity contribution in [2.24, 2.45) is 0 Å². The number of nitrogens with two attached hydrogens (primary N) is 1. The number of H-pyrrole nitrogens is 1. The first-order valence-corrected chi connectivity index (χ1v) is 15.8. The summed E-state index contributed by atoms with van der Waals surface area (Å²) >= 11 is 0. The van der Waals surface area contributed by atoms with Crippen LogP contribution >= 0.6 is 15.6 Å². The molecule has 3 saturated heterocycles. The lowest BCUT2D eigenvalue weighted by molar-refractivity contribution is -0.0705. The van der Waals surface area contributed by atoms with Crippen molar-refractivity contribution < 1.29 is 55.2 Å². The van der Waals surface area contributed by atoms with E-state index in [1.807, 2.05) is 4.98 Å². The molecule has 3 aliphatic rings. The van der Waals surface area contributed by atoms with Crippen LogP contribution in [-0.2, 0) is 46.0 Å². The lowest BCUT2D eigenvalue weighted by Crippen LogP contribution is -2.38. The first-order chi connectivity index (χ1) is 20.9. The number of fused-ring (bicyclic) bond motifs is 4. The maximum absolute atomic E-state index is 15.7. The third kappa shape index (κ3) is 5.65. The summed E-state index contributed by atoms with van der Waals surface area (Å²) in [5.74, 6) is 0.0831. The van der Waals surface area contributed by atoms with E-state index in [1.54, 1.807) is 0 Å². The molecule has 3 fully saturated rings. The molecule has 23 heteroatoms. The summed E-state index contributed by atoms with van der Waals surface area (Å²) in [6, 6.07) is 0.962. The third-order valence-corrected chi connectivity index (χ3v) is 9.54. The summed E-state index contributed by atoms with van der Waals surface area (Å²) in [5, 5.41) is 0. The Bertz CT molecular complexity index is 1750. The highest BCUT2D eigenvalue weighted by molar-refractivity contribution is 7.48. The summed E-state index contributed by atoms with van der Waals surface area (Å²) in [6.07, 6.45) is -8.79. The second-order valence-electron chi connectivity index (χ2n) is 9.71. The van der Waals surface area contributed by atoms with Crippen molar-refractivity contribution in [3.8, 4) is 0 Å². The largest absolute Gasteiger partial charge is 0.475 e. The van der Waals surface area contributed by atoms with Crippen LogP contribution in [0.4, 0.5) is 10.2 Å². The fourth-order valence-electron chi connectivity index (χ4n) is 5.09. The maximum Gasteiger partial charge on any atom is 0.475 e. The van der Waals surface area contributed by atoms with Crippen LogP contribution in [0.1, 0.15) is 12.5 Å². The zero-order valence-electron chi connectivity index (χ0n) is 22.8. The van der Waals surface area contributed by atoms with Crippen LogP contribution < -0.4 is 17.0 Å². The maximum atomic E-state index is 15.7. The van der Waals surface area contributed by atoms with Gasteiger partial charge in [0.1, 0.15) is 42.4 Å². The van der Waals surface area contributed by atoms with E-state index in [9.17, 15) is 23.6 Å². The summed E-state index contributed by atoms with van der Waals surface area (Å²) in [5.41, 5.74) is 4.61. The molecule has 0 amide bonds. The number of hydrogen-bond donors (Lipinski definition) is 3. The second-order valence-corrected chi connectivity index (χ2v) is 12.8. The number of nitrogen functional groups attached to an aromatic ring is 1. The van der Waals surface area contributed by atoms with Crippen LogP contribution in [0.3, 0.4) is 0 Å². The molecular formula is C21H26FN7O13P2. The third-order valence-electron chi connectivity index (χ3n) is 7.14. The number of nitrogens with zero attached hydrogens (tertiary/aromatic N) is 5. The first-order valence-electron chi connectivity index (χ1n) is 12.8. The van der Waals surface area contributed by atoms with Gasteiger partial charge in [-0.15, -0.1) is 0 Å². The molecule has 0 radical (unpaired) electrons. The summed E-state index contributed by atoms with van der Waals surface area (Å²) in [4.78, 5) is 48.9. The number of aromatic amines is 1. The number of rotatable bonds is 4. The Morgan fingerprint density at radius 1 is 1.05 bits per heavy atom. The van der Waals surface area contributed by atoms with E-state index in [2.05, 4.69) is 15.0 Å². The fraction of sp³-hybridized carbons (Fsp3) is 0.571. The van der Waals surface area contributed by atoms with Gasteiger partial charge in [0.2, 0.25) is 0 Å². The van der Waals surface area contributed by atoms with Gasteiger partial charge in [0, 0.05) is 26.5 Å². The zero-order valence-corrected chi connectivity index (χ0v) is 24.6. The van der Waals surface area contributed by atoms with Crippen molar-refractivity contribution in [2.75, 3.05) is 33.2 Å². The molecule has 0 spiro atoms. The molecule has 2 bridgehead atoms. The Kier molecular flexibility index (Phi) is 8.31. The number of anilines is 1. The number of phosphoric acid groups is 2. The number of nitrogens with one attached hydrogen (secondary N) is 1. The van der Waals surface area contributed by atoms with Gasteiger partial charge >= 0.3 is 21.3 Å². The van der Waals surface area contributed by atoms with Crippen LogP contribution in [-0.4, -0.2) is 98.1 Å².